The van der Waals surface area contributed by atoms with Crippen LogP contribution in [0.15, 0.2) is 0 Å². The van der Waals surface area contributed by atoms with Crippen LogP contribution < -0.4 is 0 Å². The molecule has 0 heterocycles. The van der Waals surface area contributed by atoms with Crippen LogP contribution in [0.4, 0.5) is 0 Å². The number of quaternary nitrogens is 1. The van der Waals surface area contributed by atoms with E-state index in [1.807, 2.05) is 0 Å². The molecule has 0 saturated heterocycles. The minimum atomic E-state index is 0.346. The molecule has 0 aliphatic carbocycles. The fourth-order valence-corrected chi connectivity index (χ4v) is 3.91. The summed E-state index contributed by atoms with van der Waals surface area (Å²) >= 11 is 0. The molecule has 0 rings (SSSR count). The Kier molecular flexibility index (Phi) is 19.0. The first-order valence-electron chi connectivity index (χ1n) is 11.6. The smallest absolute Gasteiger partial charge is 0.102 e. The zero-order chi connectivity index (χ0) is 19.5. The Morgan fingerprint density at radius 3 is 1.27 bits per heavy atom. The number of likely N-dealkylation sites (N-methyl/N-ethyl adjacent to an activating group) is 1. The second-order valence-electron chi connectivity index (χ2n) is 9.30. The zero-order valence-corrected chi connectivity index (χ0v) is 19.7. The van der Waals surface area contributed by atoms with Crippen LogP contribution in [0.2, 0.25) is 0 Å². The van der Waals surface area contributed by atoms with Crippen molar-refractivity contribution in [2.75, 3.05) is 27.7 Å². The van der Waals surface area contributed by atoms with Crippen LogP contribution in [0.25, 0.3) is 0 Å². The first-order valence-corrected chi connectivity index (χ1v) is 12.0. The maximum Gasteiger partial charge on any atom is 0.102 e. The van der Waals surface area contributed by atoms with Crippen LogP contribution in [0.1, 0.15) is 116 Å². The lowest BCUT2D eigenvalue weighted by molar-refractivity contribution is -0.873. The first-order chi connectivity index (χ1) is 12.5. The van der Waals surface area contributed by atoms with Crippen molar-refractivity contribution < 1.29 is 9.01 Å². The third-order valence-electron chi connectivity index (χ3n) is 5.30. The highest BCUT2D eigenvalue weighted by molar-refractivity contribution is 7.09. The van der Waals surface area contributed by atoms with Crippen molar-refractivity contribution in [3.05, 3.63) is 0 Å². The Bertz CT molecular complexity index is 278. The molecule has 0 aliphatic heterocycles. The average molecular weight is 388 g/mol. The van der Waals surface area contributed by atoms with Crippen molar-refractivity contribution in [3.8, 4) is 0 Å². The zero-order valence-electron chi connectivity index (χ0n) is 18.7. The third kappa shape index (κ3) is 20.7. The molecule has 0 aliphatic rings. The summed E-state index contributed by atoms with van der Waals surface area (Å²) in [6.07, 6.45) is 24.4. The van der Waals surface area contributed by atoms with E-state index in [1.165, 1.54) is 109 Å². The summed E-state index contributed by atoms with van der Waals surface area (Å²) in [6.45, 7) is 3.37. The molecular formula is C23H50NOP. The van der Waals surface area contributed by atoms with Gasteiger partial charge in [0.2, 0.25) is 0 Å². The standard InChI is InChI=1S/C23H50NOP/c1-5-6-7-8-9-10-11-12-13-14-15-16-17-18-19-20-21-23(25-26)22-24(2,3)4/h23,26H,5-22H2,1-4H3. The topological polar surface area (TPSA) is 9.23 Å². The van der Waals surface area contributed by atoms with Crippen LogP contribution in [0, 0.1) is 0 Å². The molecule has 0 N–H and O–H groups in total. The average Bonchev–Trinajstić information content (AvgIpc) is 2.59. The molecule has 0 bridgehead atoms. The van der Waals surface area contributed by atoms with E-state index in [9.17, 15) is 0 Å². The molecule has 0 saturated carbocycles. The van der Waals surface area contributed by atoms with Gasteiger partial charge in [0, 0.05) is 0 Å². The first kappa shape index (κ1) is 26.4. The lowest BCUT2D eigenvalue weighted by Gasteiger charge is -2.31. The van der Waals surface area contributed by atoms with Crippen molar-refractivity contribution in [1.82, 2.24) is 0 Å². The normalized spacial score (nSPS) is 13.3. The predicted octanol–water partition coefficient (Wildman–Crippen LogP) is 7.79. The quantitative estimate of drug-likeness (QED) is 0.118. The van der Waals surface area contributed by atoms with Gasteiger partial charge in [-0.15, -0.1) is 0 Å². The second kappa shape index (κ2) is 18.7. The van der Waals surface area contributed by atoms with Gasteiger partial charge in [0.25, 0.3) is 0 Å². The van der Waals surface area contributed by atoms with Gasteiger partial charge in [-0.3, -0.25) is 0 Å². The molecule has 0 aromatic heterocycles. The Balaban J connectivity index is 3.22. The van der Waals surface area contributed by atoms with E-state index >= 15 is 0 Å². The van der Waals surface area contributed by atoms with Crippen molar-refractivity contribution >= 4 is 9.47 Å². The molecule has 0 amide bonds. The molecule has 0 aromatic rings. The number of hydrogen-bond acceptors (Lipinski definition) is 1. The monoisotopic (exact) mass is 387 g/mol. The van der Waals surface area contributed by atoms with Crippen LogP contribution >= 0.6 is 9.47 Å². The Morgan fingerprint density at radius 1 is 0.615 bits per heavy atom. The van der Waals surface area contributed by atoms with Crippen molar-refractivity contribution in [2.45, 2.75) is 122 Å². The summed E-state index contributed by atoms with van der Waals surface area (Å²) in [7, 11) is 9.94. The highest BCUT2D eigenvalue weighted by Crippen LogP contribution is 2.16. The molecule has 0 fully saturated rings. The van der Waals surface area contributed by atoms with Gasteiger partial charge in [-0.2, -0.15) is 0 Å². The van der Waals surface area contributed by atoms with E-state index in [1.54, 1.807) is 0 Å². The molecule has 2 nitrogen and oxygen atoms in total. The summed E-state index contributed by atoms with van der Waals surface area (Å²) in [5.74, 6) is 0. The Hall–Kier alpha value is 0.350. The maximum absolute atomic E-state index is 5.44. The molecule has 3 heteroatoms. The van der Waals surface area contributed by atoms with Gasteiger partial charge in [0.1, 0.15) is 6.54 Å². The van der Waals surface area contributed by atoms with Crippen molar-refractivity contribution in [1.29, 1.82) is 0 Å². The van der Waals surface area contributed by atoms with Crippen molar-refractivity contribution in [2.24, 2.45) is 0 Å². The fourth-order valence-electron chi connectivity index (χ4n) is 3.72. The van der Waals surface area contributed by atoms with E-state index in [0.29, 0.717) is 6.10 Å². The second-order valence-corrected chi connectivity index (χ2v) is 9.54. The predicted molar refractivity (Wildman–Crippen MR) is 120 cm³/mol. The van der Waals surface area contributed by atoms with Crippen LogP contribution in [0.5, 0.6) is 0 Å². The van der Waals surface area contributed by atoms with Gasteiger partial charge in [0.05, 0.1) is 27.2 Å². The Labute approximate surface area is 168 Å². The summed E-state index contributed by atoms with van der Waals surface area (Å²) in [6, 6.07) is 0. The Morgan fingerprint density at radius 2 is 0.962 bits per heavy atom. The van der Waals surface area contributed by atoms with E-state index in [0.717, 1.165) is 11.0 Å². The third-order valence-corrected chi connectivity index (χ3v) is 5.63. The van der Waals surface area contributed by atoms with Gasteiger partial charge >= 0.3 is 0 Å². The molecule has 0 spiro atoms. The molecular weight excluding hydrogens is 337 g/mol. The minimum Gasteiger partial charge on any atom is -0.554 e. The summed E-state index contributed by atoms with van der Waals surface area (Å²) in [5.41, 5.74) is 0. The van der Waals surface area contributed by atoms with Gasteiger partial charge < -0.3 is 18.5 Å². The van der Waals surface area contributed by atoms with Gasteiger partial charge in [-0.25, -0.2) is 0 Å². The molecule has 1 unspecified atom stereocenters. The number of hydrogen-bond donors (Lipinski definition) is 0. The highest BCUT2D eigenvalue weighted by Gasteiger charge is 2.14. The van der Waals surface area contributed by atoms with Gasteiger partial charge in [-0.05, 0) is 6.42 Å². The lowest BCUT2D eigenvalue weighted by atomic mass is 10.0. The molecule has 1 atom stereocenters. The van der Waals surface area contributed by atoms with Gasteiger partial charge in [0.15, 0.2) is 0 Å². The van der Waals surface area contributed by atoms with Crippen molar-refractivity contribution in [3.63, 3.8) is 0 Å². The summed E-state index contributed by atoms with van der Waals surface area (Å²) in [5, 5.41) is 0. The van der Waals surface area contributed by atoms with Crippen LogP contribution in [-0.4, -0.2) is 38.3 Å². The fraction of sp³-hybridized carbons (Fsp3) is 1.00. The summed E-state index contributed by atoms with van der Waals surface area (Å²) in [4.78, 5) is 0. The van der Waals surface area contributed by atoms with E-state index < -0.39 is 0 Å². The van der Waals surface area contributed by atoms with Crippen LogP contribution in [0.3, 0.4) is 0 Å². The highest BCUT2D eigenvalue weighted by atomic mass is 31.0. The maximum atomic E-state index is 5.44. The molecule has 26 heavy (non-hydrogen) atoms. The number of rotatable bonds is 20. The van der Waals surface area contributed by atoms with Crippen LogP contribution in [-0.2, 0) is 4.52 Å². The van der Waals surface area contributed by atoms with E-state index in [4.69, 9.17) is 4.52 Å². The largest absolute Gasteiger partial charge is 0.554 e. The molecule has 0 radical (unpaired) electrons. The number of nitrogens with zero attached hydrogens (tertiary/aromatic N) is 1. The summed E-state index contributed by atoms with van der Waals surface area (Å²) < 4.78 is 6.41. The minimum absolute atomic E-state index is 0.346. The molecule has 0 aromatic carbocycles. The van der Waals surface area contributed by atoms with E-state index in [-0.39, 0.29) is 0 Å². The lowest BCUT2D eigenvalue weighted by Crippen LogP contribution is -2.41. The SMILES string of the molecule is CCCCCCCCCCCCCCCCCCC(C[N+](C)(C)C)O[PH-]. The van der Waals surface area contributed by atoms with Gasteiger partial charge in [-0.1, -0.05) is 110 Å². The van der Waals surface area contributed by atoms with E-state index in [2.05, 4.69) is 37.5 Å². The molecule has 158 valence electrons. The number of unbranched alkanes of at least 4 members (excludes halogenated alkanes) is 15.